The Bertz CT molecular complexity index is 951. The number of benzene rings is 2. The predicted octanol–water partition coefficient (Wildman–Crippen LogP) is 3.31. The molecule has 0 heterocycles. The van der Waals surface area contributed by atoms with Crippen LogP contribution < -0.4 is 9.62 Å². The van der Waals surface area contributed by atoms with Gasteiger partial charge in [-0.05, 0) is 48.9 Å². The average Bonchev–Trinajstić information content (AvgIpc) is 2.57. The SMILES string of the molecule is Cc1ccc(Cl)cc1N(CCC(=O)Nc1ccc(C#N)cc1)S(C)(=O)=O. The maximum atomic E-state index is 12.2. The number of hydrogen-bond donors (Lipinski definition) is 1. The first-order valence-corrected chi connectivity index (χ1v) is 9.97. The molecule has 0 atom stereocenters. The van der Waals surface area contributed by atoms with Crippen molar-refractivity contribution in [3.8, 4) is 6.07 Å². The van der Waals surface area contributed by atoms with Crippen LogP contribution in [0, 0.1) is 18.3 Å². The molecule has 26 heavy (non-hydrogen) atoms. The number of carbonyl (C=O) groups excluding carboxylic acids is 1. The van der Waals surface area contributed by atoms with Crippen molar-refractivity contribution in [1.82, 2.24) is 0 Å². The topological polar surface area (TPSA) is 90.3 Å². The fraction of sp³-hybridized carbons (Fsp3) is 0.222. The Morgan fingerprint density at radius 3 is 2.46 bits per heavy atom. The van der Waals surface area contributed by atoms with Crippen molar-refractivity contribution in [1.29, 1.82) is 5.26 Å². The van der Waals surface area contributed by atoms with Gasteiger partial charge in [-0.2, -0.15) is 5.26 Å². The zero-order valence-corrected chi connectivity index (χ0v) is 15.9. The number of sulfonamides is 1. The molecule has 0 aromatic heterocycles. The first kappa shape index (κ1) is 19.8. The average molecular weight is 392 g/mol. The van der Waals surface area contributed by atoms with Crippen LogP contribution >= 0.6 is 11.6 Å². The van der Waals surface area contributed by atoms with Crippen molar-refractivity contribution in [3.05, 3.63) is 58.6 Å². The highest BCUT2D eigenvalue weighted by molar-refractivity contribution is 7.92. The summed E-state index contributed by atoms with van der Waals surface area (Å²) >= 11 is 5.98. The van der Waals surface area contributed by atoms with Crippen molar-refractivity contribution < 1.29 is 13.2 Å². The molecule has 136 valence electrons. The minimum Gasteiger partial charge on any atom is -0.326 e. The molecule has 0 unspecified atom stereocenters. The molecule has 0 fully saturated rings. The van der Waals surface area contributed by atoms with Gasteiger partial charge in [0.15, 0.2) is 0 Å². The molecule has 0 radical (unpaired) electrons. The summed E-state index contributed by atoms with van der Waals surface area (Å²) in [6, 6.07) is 13.4. The van der Waals surface area contributed by atoms with Gasteiger partial charge in [0.2, 0.25) is 15.9 Å². The summed E-state index contributed by atoms with van der Waals surface area (Å²) < 4.78 is 25.5. The highest BCUT2D eigenvalue weighted by Crippen LogP contribution is 2.26. The van der Waals surface area contributed by atoms with Gasteiger partial charge in [-0.1, -0.05) is 17.7 Å². The molecule has 2 aromatic rings. The van der Waals surface area contributed by atoms with Gasteiger partial charge in [0.1, 0.15) is 0 Å². The number of hydrogen-bond acceptors (Lipinski definition) is 4. The molecule has 0 bridgehead atoms. The third kappa shape index (κ3) is 5.22. The van der Waals surface area contributed by atoms with Crippen LogP contribution in [0.5, 0.6) is 0 Å². The van der Waals surface area contributed by atoms with Crippen molar-refractivity contribution in [2.45, 2.75) is 13.3 Å². The number of nitrogens with one attached hydrogen (secondary N) is 1. The molecule has 0 saturated carbocycles. The molecule has 0 aliphatic heterocycles. The van der Waals surface area contributed by atoms with Gasteiger partial charge in [0, 0.05) is 23.7 Å². The first-order valence-electron chi connectivity index (χ1n) is 7.74. The number of rotatable bonds is 6. The standard InChI is InChI=1S/C18H18ClN3O3S/c1-13-3-6-15(19)11-17(13)22(26(2,24)25)10-9-18(23)21-16-7-4-14(12-20)5-8-16/h3-8,11H,9-10H2,1-2H3,(H,21,23). The Balaban J connectivity index is 2.11. The van der Waals surface area contributed by atoms with Crippen LogP contribution in [-0.4, -0.2) is 27.1 Å². The number of amides is 1. The van der Waals surface area contributed by atoms with Crippen LogP contribution in [0.4, 0.5) is 11.4 Å². The number of aryl methyl sites for hydroxylation is 1. The summed E-state index contributed by atoms with van der Waals surface area (Å²) in [5.74, 6) is -0.331. The lowest BCUT2D eigenvalue weighted by atomic mass is 10.2. The molecule has 0 saturated heterocycles. The largest absolute Gasteiger partial charge is 0.326 e. The van der Waals surface area contributed by atoms with E-state index in [4.69, 9.17) is 16.9 Å². The monoisotopic (exact) mass is 391 g/mol. The maximum absolute atomic E-state index is 12.2. The summed E-state index contributed by atoms with van der Waals surface area (Å²) in [5.41, 5.74) is 2.22. The molecule has 6 nitrogen and oxygen atoms in total. The maximum Gasteiger partial charge on any atom is 0.232 e. The van der Waals surface area contributed by atoms with E-state index in [1.54, 1.807) is 49.4 Å². The van der Waals surface area contributed by atoms with Crippen LogP contribution in [0.3, 0.4) is 0 Å². The van der Waals surface area contributed by atoms with Crippen LogP contribution in [0.1, 0.15) is 17.5 Å². The van der Waals surface area contributed by atoms with E-state index in [0.717, 1.165) is 11.8 Å². The molecular weight excluding hydrogens is 374 g/mol. The Morgan fingerprint density at radius 2 is 1.88 bits per heavy atom. The highest BCUT2D eigenvalue weighted by atomic mass is 35.5. The van der Waals surface area contributed by atoms with E-state index in [-0.39, 0.29) is 18.9 Å². The number of nitrogens with zero attached hydrogens (tertiary/aromatic N) is 2. The van der Waals surface area contributed by atoms with Crippen molar-refractivity contribution in [3.63, 3.8) is 0 Å². The van der Waals surface area contributed by atoms with Crippen molar-refractivity contribution >= 4 is 38.9 Å². The van der Waals surface area contributed by atoms with Crippen molar-refractivity contribution in [2.75, 3.05) is 22.4 Å². The second-order valence-electron chi connectivity index (χ2n) is 5.75. The molecule has 0 aliphatic carbocycles. The molecule has 1 amide bonds. The van der Waals surface area contributed by atoms with Crippen molar-refractivity contribution in [2.24, 2.45) is 0 Å². The van der Waals surface area contributed by atoms with E-state index in [1.807, 2.05) is 6.07 Å². The second kappa shape index (κ2) is 8.21. The molecular formula is C18H18ClN3O3S. The lowest BCUT2D eigenvalue weighted by molar-refractivity contribution is -0.116. The smallest absolute Gasteiger partial charge is 0.232 e. The number of nitriles is 1. The lowest BCUT2D eigenvalue weighted by Gasteiger charge is -2.24. The van der Waals surface area contributed by atoms with E-state index >= 15 is 0 Å². The van der Waals surface area contributed by atoms with Gasteiger partial charge in [0.05, 0.1) is 23.6 Å². The van der Waals surface area contributed by atoms with Crippen LogP contribution in [0.2, 0.25) is 5.02 Å². The highest BCUT2D eigenvalue weighted by Gasteiger charge is 2.20. The molecule has 0 aliphatic rings. The minimum absolute atomic E-state index is 0.0118. The Labute approximate surface area is 158 Å². The van der Waals surface area contributed by atoms with E-state index in [9.17, 15) is 13.2 Å². The zero-order chi connectivity index (χ0) is 19.3. The third-order valence-electron chi connectivity index (χ3n) is 3.68. The normalized spacial score (nSPS) is 10.8. The zero-order valence-electron chi connectivity index (χ0n) is 14.4. The third-order valence-corrected chi connectivity index (χ3v) is 5.09. The molecule has 2 aromatic carbocycles. The Morgan fingerprint density at radius 1 is 1.23 bits per heavy atom. The summed E-state index contributed by atoms with van der Waals surface area (Å²) in [5, 5.41) is 11.9. The quantitative estimate of drug-likeness (QED) is 0.817. The summed E-state index contributed by atoms with van der Waals surface area (Å²) in [6.07, 6.45) is 1.06. The fourth-order valence-electron chi connectivity index (χ4n) is 2.37. The molecule has 0 spiro atoms. The summed E-state index contributed by atoms with van der Waals surface area (Å²) in [6.45, 7) is 1.77. The van der Waals surface area contributed by atoms with Crippen LogP contribution in [0.25, 0.3) is 0 Å². The Kier molecular flexibility index (Phi) is 6.24. The van der Waals surface area contributed by atoms with E-state index < -0.39 is 10.0 Å². The molecule has 8 heteroatoms. The van der Waals surface area contributed by atoms with E-state index in [1.165, 1.54) is 4.31 Å². The summed E-state index contributed by atoms with van der Waals surface area (Å²) in [7, 11) is -3.58. The number of carbonyl (C=O) groups is 1. The van der Waals surface area contributed by atoms with Crippen LogP contribution in [-0.2, 0) is 14.8 Å². The van der Waals surface area contributed by atoms with E-state index in [0.29, 0.717) is 22.0 Å². The number of halogens is 1. The van der Waals surface area contributed by atoms with Crippen LogP contribution in [0.15, 0.2) is 42.5 Å². The van der Waals surface area contributed by atoms with Gasteiger partial charge in [-0.3, -0.25) is 9.10 Å². The number of anilines is 2. The summed E-state index contributed by atoms with van der Waals surface area (Å²) in [4.78, 5) is 12.2. The van der Waals surface area contributed by atoms with Gasteiger partial charge >= 0.3 is 0 Å². The van der Waals surface area contributed by atoms with Gasteiger partial charge in [-0.25, -0.2) is 8.42 Å². The van der Waals surface area contributed by atoms with E-state index in [2.05, 4.69) is 5.32 Å². The first-order chi connectivity index (χ1) is 12.2. The second-order valence-corrected chi connectivity index (χ2v) is 8.10. The minimum atomic E-state index is -3.58. The van der Waals surface area contributed by atoms with Gasteiger partial charge in [0.25, 0.3) is 0 Å². The fourth-order valence-corrected chi connectivity index (χ4v) is 3.51. The Hall–Kier alpha value is -2.56. The predicted molar refractivity (Wildman–Crippen MR) is 103 cm³/mol. The molecule has 1 N–H and O–H groups in total. The molecule has 2 rings (SSSR count). The lowest BCUT2D eigenvalue weighted by Crippen LogP contribution is -2.33. The van der Waals surface area contributed by atoms with Gasteiger partial charge in [-0.15, -0.1) is 0 Å². The van der Waals surface area contributed by atoms with Gasteiger partial charge < -0.3 is 5.32 Å².